The molecule has 8 unspecified atom stereocenters. The largest absolute Gasteiger partial charge is 0.348 e. The average molecular weight is 521 g/mol. The summed E-state index contributed by atoms with van der Waals surface area (Å²) < 4.78 is 0. The topological polar surface area (TPSA) is 78.2 Å². The second-order valence-electron chi connectivity index (χ2n) is 16.0. The predicted octanol–water partition coefficient (Wildman–Crippen LogP) is 6.37. The third kappa shape index (κ3) is 3.24. The standard InChI is InChI=1S/C33H48N2O3/c1-28(2)12-14-33(27(38)35(8)9)15-13-32(7)25(21(33)18-28)22(36)16-24-30(5)17-20(19-34)26(37)29(3,4)23(30)10-11-31(24,32)6/h17,21,23-25H,10-16,18H2,1-9H3. The van der Waals surface area contributed by atoms with Crippen molar-refractivity contribution in [2.24, 2.45) is 56.2 Å². The molecule has 4 fully saturated rings. The fraction of sp³-hybridized carbons (Fsp3) is 0.818. The number of hydrogen-bond acceptors (Lipinski definition) is 4. The van der Waals surface area contributed by atoms with Gasteiger partial charge in [-0.2, -0.15) is 5.26 Å². The van der Waals surface area contributed by atoms with Crippen molar-refractivity contribution in [3.05, 3.63) is 11.6 Å². The molecule has 0 radical (unpaired) electrons. The number of nitrogens with zero attached hydrogens (tertiary/aromatic N) is 2. The summed E-state index contributed by atoms with van der Waals surface area (Å²) in [6, 6.07) is 2.21. The van der Waals surface area contributed by atoms with Gasteiger partial charge in [0, 0.05) is 31.8 Å². The number of amides is 1. The van der Waals surface area contributed by atoms with Crippen molar-refractivity contribution < 1.29 is 14.4 Å². The molecule has 5 heteroatoms. The van der Waals surface area contributed by atoms with E-state index in [9.17, 15) is 19.6 Å². The van der Waals surface area contributed by atoms with Gasteiger partial charge >= 0.3 is 0 Å². The summed E-state index contributed by atoms with van der Waals surface area (Å²) in [5, 5.41) is 9.91. The lowest BCUT2D eigenvalue weighted by Crippen LogP contribution is -2.69. The van der Waals surface area contributed by atoms with Crippen LogP contribution in [0.2, 0.25) is 0 Å². The molecular weight excluding hydrogens is 472 g/mol. The SMILES string of the molecule is CN(C)C(=O)C12CCC(C)(C)CC1C1C(=O)CC3C4(C)C=C(C#N)C(=O)C(C)(C)C4CCC3(C)C1(C)CC2. The highest BCUT2D eigenvalue weighted by Gasteiger charge is 2.73. The molecule has 0 aliphatic heterocycles. The Morgan fingerprint density at radius 3 is 2.16 bits per heavy atom. The van der Waals surface area contributed by atoms with E-state index >= 15 is 0 Å². The van der Waals surface area contributed by atoms with Gasteiger partial charge in [0.1, 0.15) is 11.9 Å². The first kappa shape index (κ1) is 27.6. The van der Waals surface area contributed by atoms with E-state index in [2.05, 4.69) is 40.7 Å². The minimum absolute atomic E-state index is 0.0496. The zero-order chi connectivity index (χ0) is 28.3. The van der Waals surface area contributed by atoms with Gasteiger partial charge in [-0.3, -0.25) is 14.4 Å². The van der Waals surface area contributed by atoms with Crippen LogP contribution in [0.3, 0.4) is 0 Å². The van der Waals surface area contributed by atoms with Gasteiger partial charge in [0.2, 0.25) is 5.91 Å². The quantitative estimate of drug-likeness (QED) is 0.402. The lowest BCUT2D eigenvalue weighted by molar-refractivity contribution is -0.223. The molecule has 1 amide bonds. The Morgan fingerprint density at radius 1 is 0.921 bits per heavy atom. The number of Topliss-reactive ketones (excluding diaryl/α,β-unsaturated/α-hetero) is 2. The molecular formula is C33H48N2O3. The highest BCUT2D eigenvalue weighted by molar-refractivity contribution is 6.04. The Hall–Kier alpha value is -1.96. The van der Waals surface area contributed by atoms with Crippen LogP contribution in [0.15, 0.2) is 11.6 Å². The molecule has 38 heavy (non-hydrogen) atoms. The van der Waals surface area contributed by atoms with E-state index in [-0.39, 0.29) is 62.6 Å². The van der Waals surface area contributed by atoms with E-state index in [0.29, 0.717) is 12.2 Å². The van der Waals surface area contributed by atoms with Crippen molar-refractivity contribution in [2.75, 3.05) is 14.1 Å². The second-order valence-corrected chi connectivity index (χ2v) is 16.0. The van der Waals surface area contributed by atoms with Crippen LogP contribution in [-0.2, 0) is 14.4 Å². The summed E-state index contributed by atoms with van der Waals surface area (Å²) in [7, 11) is 3.74. The number of allylic oxidation sites excluding steroid dienone is 2. The normalized spacial score (nSPS) is 46.9. The molecule has 5 rings (SSSR count). The Morgan fingerprint density at radius 2 is 1.55 bits per heavy atom. The fourth-order valence-electron chi connectivity index (χ4n) is 11.1. The van der Waals surface area contributed by atoms with Gasteiger partial charge in [-0.25, -0.2) is 0 Å². The molecule has 8 atom stereocenters. The molecule has 0 saturated heterocycles. The smallest absolute Gasteiger partial charge is 0.228 e. The summed E-state index contributed by atoms with van der Waals surface area (Å²) in [5.74, 6) is 0.598. The van der Waals surface area contributed by atoms with Gasteiger partial charge in [-0.05, 0) is 84.4 Å². The van der Waals surface area contributed by atoms with E-state index in [1.54, 1.807) is 4.90 Å². The third-order valence-corrected chi connectivity index (χ3v) is 13.3. The molecule has 0 aromatic heterocycles. The number of ketones is 2. The van der Waals surface area contributed by atoms with E-state index in [4.69, 9.17) is 0 Å². The van der Waals surface area contributed by atoms with Gasteiger partial charge in [-0.15, -0.1) is 0 Å². The number of fused-ring (bicyclic) bond motifs is 7. The van der Waals surface area contributed by atoms with Crippen molar-refractivity contribution in [1.29, 1.82) is 5.26 Å². The van der Waals surface area contributed by atoms with Crippen molar-refractivity contribution in [3.8, 4) is 6.07 Å². The first-order valence-electron chi connectivity index (χ1n) is 14.8. The molecule has 0 bridgehead atoms. The summed E-state index contributed by atoms with van der Waals surface area (Å²) >= 11 is 0. The summed E-state index contributed by atoms with van der Waals surface area (Å²) in [4.78, 5) is 43.4. The molecule has 5 aliphatic rings. The lowest BCUT2D eigenvalue weighted by Gasteiger charge is -2.71. The maximum Gasteiger partial charge on any atom is 0.228 e. The number of hydrogen-bond donors (Lipinski definition) is 0. The van der Waals surface area contributed by atoms with Gasteiger partial charge in [0.15, 0.2) is 5.78 Å². The van der Waals surface area contributed by atoms with Gasteiger partial charge in [-0.1, -0.05) is 54.5 Å². The van der Waals surface area contributed by atoms with Crippen LogP contribution in [0.25, 0.3) is 0 Å². The number of nitriles is 1. The highest BCUT2D eigenvalue weighted by Crippen LogP contribution is 2.75. The van der Waals surface area contributed by atoms with Crippen molar-refractivity contribution in [1.82, 2.24) is 4.90 Å². The second kappa shape index (κ2) is 8.05. The zero-order valence-electron chi connectivity index (χ0n) is 25.2. The van der Waals surface area contributed by atoms with Crippen LogP contribution < -0.4 is 0 Å². The van der Waals surface area contributed by atoms with Crippen LogP contribution in [0.1, 0.15) is 99.8 Å². The molecule has 0 aromatic rings. The summed E-state index contributed by atoms with van der Waals surface area (Å²) in [6.45, 7) is 15.6. The maximum absolute atomic E-state index is 14.5. The Bertz CT molecular complexity index is 1170. The minimum atomic E-state index is -0.621. The Labute approximate surface area is 229 Å². The van der Waals surface area contributed by atoms with Crippen LogP contribution in [0, 0.1) is 67.5 Å². The van der Waals surface area contributed by atoms with E-state index in [1.807, 2.05) is 34.0 Å². The maximum atomic E-state index is 14.5. The zero-order valence-corrected chi connectivity index (χ0v) is 25.2. The molecule has 0 spiro atoms. The van der Waals surface area contributed by atoms with Gasteiger partial charge < -0.3 is 4.90 Å². The first-order valence-corrected chi connectivity index (χ1v) is 14.8. The third-order valence-electron chi connectivity index (χ3n) is 13.3. The molecule has 5 nitrogen and oxygen atoms in total. The Balaban J connectivity index is 1.65. The molecule has 208 valence electrons. The van der Waals surface area contributed by atoms with Crippen LogP contribution in [0.4, 0.5) is 0 Å². The summed E-state index contributed by atoms with van der Waals surface area (Å²) in [6.07, 6.45) is 8.88. The molecule has 0 aromatic carbocycles. The fourth-order valence-corrected chi connectivity index (χ4v) is 11.1. The van der Waals surface area contributed by atoms with Crippen LogP contribution >= 0.6 is 0 Å². The monoisotopic (exact) mass is 520 g/mol. The number of carbonyl (C=O) groups is 3. The molecule has 4 saturated carbocycles. The van der Waals surface area contributed by atoms with E-state index < -0.39 is 10.8 Å². The predicted molar refractivity (Wildman–Crippen MR) is 148 cm³/mol. The van der Waals surface area contributed by atoms with Crippen molar-refractivity contribution in [2.45, 2.75) is 99.8 Å². The van der Waals surface area contributed by atoms with Crippen LogP contribution in [0.5, 0.6) is 0 Å². The lowest BCUT2D eigenvalue weighted by atomic mass is 9.31. The molecule has 5 aliphatic carbocycles. The summed E-state index contributed by atoms with van der Waals surface area (Å²) in [5.41, 5.74) is -1.41. The Kier molecular flexibility index (Phi) is 5.84. The minimum Gasteiger partial charge on any atom is -0.348 e. The molecule has 0 N–H and O–H groups in total. The van der Waals surface area contributed by atoms with Gasteiger partial charge in [0.25, 0.3) is 0 Å². The highest BCUT2D eigenvalue weighted by atomic mass is 16.2. The van der Waals surface area contributed by atoms with Crippen molar-refractivity contribution in [3.63, 3.8) is 0 Å². The molecule has 0 heterocycles. The van der Waals surface area contributed by atoms with E-state index in [1.165, 1.54) is 0 Å². The van der Waals surface area contributed by atoms with Crippen molar-refractivity contribution >= 4 is 17.5 Å². The van der Waals surface area contributed by atoms with E-state index in [0.717, 1.165) is 44.9 Å². The average Bonchev–Trinajstić information content (AvgIpc) is 2.82. The first-order chi connectivity index (χ1) is 17.4. The number of carbonyl (C=O) groups excluding carboxylic acids is 3. The van der Waals surface area contributed by atoms with Gasteiger partial charge in [0.05, 0.1) is 11.0 Å². The number of rotatable bonds is 1. The van der Waals surface area contributed by atoms with Crippen LogP contribution in [-0.4, -0.2) is 36.5 Å².